The average Bonchev–Trinajstić information content (AvgIpc) is 2.30. The molecule has 88 valence electrons. The maximum atomic E-state index is 11.2. The monoisotopic (exact) mass is 243 g/mol. The van der Waals surface area contributed by atoms with E-state index in [0.29, 0.717) is 17.2 Å². The fourth-order valence-electron chi connectivity index (χ4n) is 1.36. The summed E-state index contributed by atoms with van der Waals surface area (Å²) in [7, 11) is 2.85. The third-order valence-electron chi connectivity index (χ3n) is 2.19. The van der Waals surface area contributed by atoms with E-state index in [1.54, 1.807) is 25.3 Å². The van der Waals surface area contributed by atoms with Crippen LogP contribution in [0.1, 0.15) is 5.56 Å². The van der Waals surface area contributed by atoms with Gasteiger partial charge in [-0.2, -0.15) is 0 Å². The van der Waals surface area contributed by atoms with Crippen molar-refractivity contribution in [3.05, 3.63) is 28.8 Å². The summed E-state index contributed by atoms with van der Waals surface area (Å²) in [6.07, 6.45) is 0.354. The van der Waals surface area contributed by atoms with Gasteiger partial charge in [-0.3, -0.25) is 4.79 Å². The Balaban J connectivity index is 2.84. The van der Waals surface area contributed by atoms with Crippen LogP contribution in [0.3, 0.4) is 0 Å². The third-order valence-corrected chi connectivity index (χ3v) is 2.43. The standard InChI is InChI=1S/C11H14ClNO3/c1-15-10-6-8(12)4-3-7(10)5-9(13)11(14)16-2/h3-4,6,9H,5,13H2,1-2H3/t9-/m0/s1. The number of nitrogens with two attached hydrogens (primary N) is 1. The minimum absolute atomic E-state index is 0.354. The molecule has 0 bridgehead atoms. The molecule has 16 heavy (non-hydrogen) atoms. The molecule has 0 unspecified atom stereocenters. The highest BCUT2D eigenvalue weighted by atomic mass is 35.5. The van der Waals surface area contributed by atoms with Gasteiger partial charge in [0, 0.05) is 11.4 Å². The fourth-order valence-corrected chi connectivity index (χ4v) is 1.52. The number of benzene rings is 1. The number of halogens is 1. The van der Waals surface area contributed by atoms with Crippen molar-refractivity contribution >= 4 is 17.6 Å². The maximum absolute atomic E-state index is 11.2. The van der Waals surface area contributed by atoms with E-state index in [1.807, 2.05) is 0 Å². The molecule has 0 saturated heterocycles. The lowest BCUT2D eigenvalue weighted by Gasteiger charge is -2.12. The molecule has 1 aromatic rings. The summed E-state index contributed by atoms with van der Waals surface area (Å²) in [5.74, 6) is 0.170. The highest BCUT2D eigenvalue weighted by Crippen LogP contribution is 2.24. The van der Waals surface area contributed by atoms with Crippen LogP contribution in [0, 0.1) is 0 Å². The summed E-state index contributed by atoms with van der Waals surface area (Å²) < 4.78 is 9.70. The van der Waals surface area contributed by atoms with Gasteiger partial charge in [0.05, 0.1) is 14.2 Å². The van der Waals surface area contributed by atoms with Gasteiger partial charge in [0.1, 0.15) is 11.8 Å². The van der Waals surface area contributed by atoms with E-state index in [0.717, 1.165) is 5.56 Å². The van der Waals surface area contributed by atoms with Gasteiger partial charge < -0.3 is 15.2 Å². The molecule has 1 atom stereocenters. The number of ether oxygens (including phenoxy) is 2. The molecule has 0 saturated carbocycles. The van der Waals surface area contributed by atoms with Gasteiger partial charge in [-0.05, 0) is 17.7 Å². The van der Waals surface area contributed by atoms with Gasteiger partial charge in [-0.1, -0.05) is 17.7 Å². The van der Waals surface area contributed by atoms with Crippen molar-refractivity contribution in [2.75, 3.05) is 14.2 Å². The molecule has 0 heterocycles. The van der Waals surface area contributed by atoms with Crippen molar-refractivity contribution in [2.24, 2.45) is 5.73 Å². The SMILES string of the molecule is COC(=O)[C@@H](N)Cc1ccc(Cl)cc1OC. The van der Waals surface area contributed by atoms with Crippen LogP contribution in [0.2, 0.25) is 5.02 Å². The predicted molar refractivity (Wildman–Crippen MR) is 61.7 cm³/mol. The van der Waals surface area contributed by atoms with Crippen LogP contribution in [0.4, 0.5) is 0 Å². The van der Waals surface area contributed by atoms with Crippen LogP contribution in [-0.4, -0.2) is 26.2 Å². The lowest BCUT2D eigenvalue weighted by atomic mass is 10.1. The Labute approximate surface area is 99.3 Å². The molecule has 1 aromatic carbocycles. The van der Waals surface area contributed by atoms with Crippen LogP contribution in [0.25, 0.3) is 0 Å². The molecule has 2 N–H and O–H groups in total. The second-order valence-electron chi connectivity index (χ2n) is 3.29. The van der Waals surface area contributed by atoms with Crippen molar-refractivity contribution in [1.29, 1.82) is 0 Å². The maximum Gasteiger partial charge on any atom is 0.322 e. The van der Waals surface area contributed by atoms with Crippen LogP contribution >= 0.6 is 11.6 Å². The summed E-state index contributed by atoms with van der Waals surface area (Å²) in [6.45, 7) is 0. The van der Waals surface area contributed by atoms with Crippen molar-refractivity contribution < 1.29 is 14.3 Å². The molecule has 0 amide bonds. The Kier molecular flexibility index (Phi) is 4.58. The second kappa shape index (κ2) is 5.72. The van der Waals surface area contributed by atoms with Gasteiger partial charge >= 0.3 is 5.97 Å². The van der Waals surface area contributed by atoms with E-state index in [4.69, 9.17) is 22.1 Å². The van der Waals surface area contributed by atoms with Crippen LogP contribution < -0.4 is 10.5 Å². The minimum Gasteiger partial charge on any atom is -0.496 e. The minimum atomic E-state index is -0.694. The van der Waals surface area contributed by atoms with Crippen LogP contribution in [-0.2, 0) is 16.0 Å². The van der Waals surface area contributed by atoms with Gasteiger partial charge in [0.25, 0.3) is 0 Å². The van der Waals surface area contributed by atoms with Crippen molar-refractivity contribution in [3.8, 4) is 5.75 Å². The van der Waals surface area contributed by atoms with E-state index in [2.05, 4.69) is 4.74 Å². The number of hydrogen-bond donors (Lipinski definition) is 1. The van der Waals surface area contributed by atoms with E-state index in [1.165, 1.54) is 7.11 Å². The molecule has 0 aliphatic carbocycles. The van der Waals surface area contributed by atoms with Gasteiger partial charge in [-0.25, -0.2) is 0 Å². The Morgan fingerprint density at radius 3 is 2.75 bits per heavy atom. The predicted octanol–water partition coefficient (Wildman–Crippen LogP) is 1.39. The second-order valence-corrected chi connectivity index (χ2v) is 3.73. The number of methoxy groups -OCH3 is 2. The van der Waals surface area contributed by atoms with Crippen LogP contribution in [0.15, 0.2) is 18.2 Å². The molecule has 0 spiro atoms. The summed E-state index contributed by atoms with van der Waals surface area (Å²) in [4.78, 5) is 11.2. The molecular weight excluding hydrogens is 230 g/mol. The molecule has 0 aliphatic heterocycles. The first-order valence-electron chi connectivity index (χ1n) is 4.74. The first-order valence-corrected chi connectivity index (χ1v) is 5.12. The molecule has 0 aromatic heterocycles. The molecule has 0 radical (unpaired) electrons. The lowest BCUT2D eigenvalue weighted by Crippen LogP contribution is -2.33. The van der Waals surface area contributed by atoms with Crippen LogP contribution in [0.5, 0.6) is 5.75 Å². The van der Waals surface area contributed by atoms with E-state index >= 15 is 0 Å². The molecule has 0 aliphatic rings. The lowest BCUT2D eigenvalue weighted by molar-refractivity contribution is -0.142. The number of hydrogen-bond acceptors (Lipinski definition) is 4. The van der Waals surface area contributed by atoms with Crippen molar-refractivity contribution in [2.45, 2.75) is 12.5 Å². The highest BCUT2D eigenvalue weighted by molar-refractivity contribution is 6.30. The molecule has 1 rings (SSSR count). The summed E-state index contributed by atoms with van der Waals surface area (Å²) in [5, 5.41) is 0.576. The first-order chi connectivity index (χ1) is 7.58. The van der Waals surface area contributed by atoms with E-state index in [9.17, 15) is 4.79 Å². The highest BCUT2D eigenvalue weighted by Gasteiger charge is 2.16. The largest absolute Gasteiger partial charge is 0.496 e. The zero-order valence-corrected chi connectivity index (χ0v) is 9.95. The van der Waals surface area contributed by atoms with Gasteiger partial charge in [0.15, 0.2) is 0 Å². The smallest absolute Gasteiger partial charge is 0.322 e. The summed E-state index contributed by atoms with van der Waals surface area (Å²) in [6, 6.07) is 4.49. The van der Waals surface area contributed by atoms with Crippen molar-refractivity contribution in [1.82, 2.24) is 0 Å². The normalized spacial score (nSPS) is 12.0. The Hall–Kier alpha value is -1.26. The zero-order chi connectivity index (χ0) is 12.1. The molecule has 5 heteroatoms. The average molecular weight is 244 g/mol. The first kappa shape index (κ1) is 12.8. The van der Waals surface area contributed by atoms with Gasteiger partial charge in [-0.15, -0.1) is 0 Å². The Morgan fingerprint density at radius 2 is 2.19 bits per heavy atom. The number of carbonyl (C=O) groups is 1. The van der Waals surface area contributed by atoms with Crippen molar-refractivity contribution in [3.63, 3.8) is 0 Å². The number of rotatable bonds is 4. The van der Waals surface area contributed by atoms with E-state index < -0.39 is 12.0 Å². The molecule has 0 fully saturated rings. The van der Waals surface area contributed by atoms with E-state index in [-0.39, 0.29) is 0 Å². The Morgan fingerprint density at radius 1 is 1.50 bits per heavy atom. The number of carbonyl (C=O) groups excluding carboxylic acids is 1. The topological polar surface area (TPSA) is 61.5 Å². The Bertz CT molecular complexity index is 381. The molecular formula is C11H14ClNO3. The zero-order valence-electron chi connectivity index (χ0n) is 9.20. The fraction of sp³-hybridized carbons (Fsp3) is 0.364. The molecule has 4 nitrogen and oxygen atoms in total. The quantitative estimate of drug-likeness (QED) is 0.812. The van der Waals surface area contributed by atoms with Gasteiger partial charge in [0.2, 0.25) is 0 Å². The summed E-state index contributed by atoms with van der Waals surface area (Å²) in [5.41, 5.74) is 6.48. The third kappa shape index (κ3) is 3.12. The summed E-state index contributed by atoms with van der Waals surface area (Å²) >= 11 is 5.82. The number of esters is 1.